The molecule has 144 valence electrons. The van der Waals surface area contributed by atoms with Crippen LogP contribution in [0.2, 0.25) is 0 Å². The topological polar surface area (TPSA) is 64.6 Å². The number of hydrogen-bond donors (Lipinski definition) is 1. The van der Waals surface area contributed by atoms with Gasteiger partial charge < -0.3 is 14.8 Å². The molecular formula is C19H18F3NO4. The van der Waals surface area contributed by atoms with Crippen molar-refractivity contribution in [3.63, 3.8) is 0 Å². The summed E-state index contributed by atoms with van der Waals surface area (Å²) in [7, 11) is 0. The number of esters is 1. The zero-order valence-corrected chi connectivity index (χ0v) is 14.3. The Bertz CT molecular complexity index is 746. The lowest BCUT2D eigenvalue weighted by Gasteiger charge is -2.09. The molecule has 0 bridgehead atoms. The van der Waals surface area contributed by atoms with Crippen LogP contribution in [0, 0.1) is 0 Å². The molecule has 0 heterocycles. The summed E-state index contributed by atoms with van der Waals surface area (Å²) in [5.41, 5.74) is 1.18. The lowest BCUT2D eigenvalue weighted by atomic mass is 10.1. The molecule has 0 fully saturated rings. The standard InChI is InChI=1S/C19H18F3NO4/c20-19(21,22)27-16-10-8-15(9-11-16)18(25)26-13-17(24)23-12-4-7-14-5-2-1-3-6-14/h1-3,5-6,8-11H,4,7,12-13H2,(H,23,24). The molecule has 0 atom stereocenters. The molecule has 8 heteroatoms. The van der Waals surface area contributed by atoms with Gasteiger partial charge in [0.1, 0.15) is 5.75 Å². The maximum atomic E-state index is 12.1. The summed E-state index contributed by atoms with van der Waals surface area (Å²) in [5, 5.41) is 2.63. The Balaban J connectivity index is 1.67. The highest BCUT2D eigenvalue weighted by molar-refractivity contribution is 5.91. The lowest BCUT2D eigenvalue weighted by Crippen LogP contribution is -2.29. The van der Waals surface area contributed by atoms with Crippen molar-refractivity contribution in [1.29, 1.82) is 0 Å². The van der Waals surface area contributed by atoms with Crippen LogP contribution in [-0.2, 0) is 16.0 Å². The van der Waals surface area contributed by atoms with Crippen molar-refractivity contribution in [3.05, 3.63) is 65.7 Å². The second-order valence-electron chi connectivity index (χ2n) is 5.59. The molecule has 0 aliphatic heterocycles. The molecule has 0 unspecified atom stereocenters. The largest absolute Gasteiger partial charge is 0.573 e. The first-order valence-electron chi connectivity index (χ1n) is 8.17. The second-order valence-corrected chi connectivity index (χ2v) is 5.59. The summed E-state index contributed by atoms with van der Waals surface area (Å²) in [6.45, 7) is -0.0280. The molecule has 1 amide bonds. The molecule has 2 aromatic carbocycles. The van der Waals surface area contributed by atoms with Crippen LogP contribution in [0.1, 0.15) is 22.3 Å². The van der Waals surface area contributed by atoms with E-state index in [-0.39, 0.29) is 5.56 Å². The van der Waals surface area contributed by atoms with E-state index in [0.29, 0.717) is 6.54 Å². The Kier molecular flexibility index (Phi) is 7.22. The Morgan fingerprint density at radius 1 is 0.963 bits per heavy atom. The van der Waals surface area contributed by atoms with Crippen molar-refractivity contribution >= 4 is 11.9 Å². The fraction of sp³-hybridized carbons (Fsp3) is 0.263. The molecule has 2 rings (SSSR count). The van der Waals surface area contributed by atoms with E-state index in [9.17, 15) is 22.8 Å². The highest BCUT2D eigenvalue weighted by Gasteiger charge is 2.31. The molecule has 27 heavy (non-hydrogen) atoms. The van der Waals surface area contributed by atoms with E-state index in [2.05, 4.69) is 10.1 Å². The van der Waals surface area contributed by atoms with Gasteiger partial charge in [0.25, 0.3) is 5.91 Å². The predicted molar refractivity (Wildman–Crippen MR) is 91.2 cm³/mol. The third-order valence-electron chi connectivity index (χ3n) is 3.47. The van der Waals surface area contributed by atoms with Gasteiger partial charge in [0, 0.05) is 6.54 Å². The van der Waals surface area contributed by atoms with E-state index in [0.717, 1.165) is 42.7 Å². The van der Waals surface area contributed by atoms with Crippen LogP contribution >= 0.6 is 0 Å². The number of benzene rings is 2. The summed E-state index contributed by atoms with van der Waals surface area (Å²) < 4.78 is 44.8. The van der Waals surface area contributed by atoms with E-state index in [1.54, 1.807) is 0 Å². The number of amides is 1. The van der Waals surface area contributed by atoms with Crippen LogP contribution < -0.4 is 10.1 Å². The average molecular weight is 381 g/mol. The molecular weight excluding hydrogens is 363 g/mol. The van der Waals surface area contributed by atoms with Crippen molar-refractivity contribution in [2.24, 2.45) is 0 Å². The van der Waals surface area contributed by atoms with Crippen molar-refractivity contribution in [2.75, 3.05) is 13.2 Å². The fourth-order valence-corrected chi connectivity index (χ4v) is 2.22. The minimum atomic E-state index is -4.80. The summed E-state index contributed by atoms with van der Waals surface area (Å²) in [6, 6.07) is 14.0. The van der Waals surface area contributed by atoms with Crippen LogP contribution in [0.4, 0.5) is 13.2 Å². The van der Waals surface area contributed by atoms with Gasteiger partial charge in [0.15, 0.2) is 6.61 Å². The molecule has 0 radical (unpaired) electrons. The molecule has 0 aromatic heterocycles. The molecule has 0 spiro atoms. The maximum absolute atomic E-state index is 12.1. The van der Waals surface area contributed by atoms with Crippen LogP contribution in [0.15, 0.2) is 54.6 Å². The molecule has 0 aliphatic carbocycles. The molecule has 2 aromatic rings. The van der Waals surface area contributed by atoms with E-state index in [1.807, 2.05) is 30.3 Å². The minimum absolute atomic E-state index is 0.0152. The number of aryl methyl sites for hydroxylation is 1. The van der Waals surface area contributed by atoms with Gasteiger partial charge in [0.2, 0.25) is 0 Å². The van der Waals surface area contributed by atoms with Gasteiger partial charge in [-0.3, -0.25) is 4.79 Å². The van der Waals surface area contributed by atoms with Crippen molar-refractivity contribution in [1.82, 2.24) is 5.32 Å². The SMILES string of the molecule is O=C(COC(=O)c1ccc(OC(F)(F)F)cc1)NCCCc1ccccc1. The average Bonchev–Trinajstić information content (AvgIpc) is 2.63. The number of nitrogens with one attached hydrogen (secondary N) is 1. The second kappa shape index (κ2) is 9.61. The van der Waals surface area contributed by atoms with Crippen LogP contribution in [0.25, 0.3) is 0 Å². The van der Waals surface area contributed by atoms with Gasteiger partial charge in [-0.15, -0.1) is 13.2 Å². The maximum Gasteiger partial charge on any atom is 0.573 e. The quantitative estimate of drug-likeness (QED) is 0.562. The van der Waals surface area contributed by atoms with Crippen LogP contribution in [-0.4, -0.2) is 31.4 Å². The number of hydrogen-bond acceptors (Lipinski definition) is 4. The number of halogens is 3. The van der Waals surface area contributed by atoms with Gasteiger partial charge in [-0.25, -0.2) is 4.79 Å². The number of ether oxygens (including phenoxy) is 2. The van der Waals surface area contributed by atoms with E-state index in [4.69, 9.17) is 4.74 Å². The molecule has 5 nitrogen and oxygen atoms in total. The van der Waals surface area contributed by atoms with Crippen LogP contribution in [0.3, 0.4) is 0 Å². The molecule has 0 aliphatic rings. The Hall–Kier alpha value is -3.03. The van der Waals surface area contributed by atoms with Gasteiger partial charge >= 0.3 is 12.3 Å². The smallest absolute Gasteiger partial charge is 0.452 e. The van der Waals surface area contributed by atoms with Gasteiger partial charge in [-0.2, -0.15) is 0 Å². The Morgan fingerprint density at radius 2 is 1.63 bits per heavy atom. The number of carbonyl (C=O) groups excluding carboxylic acids is 2. The predicted octanol–water partition coefficient (Wildman–Crippen LogP) is 3.49. The number of alkyl halides is 3. The van der Waals surface area contributed by atoms with Crippen molar-refractivity contribution in [2.45, 2.75) is 19.2 Å². The first kappa shape index (κ1) is 20.3. The lowest BCUT2D eigenvalue weighted by molar-refractivity contribution is -0.274. The first-order chi connectivity index (χ1) is 12.8. The first-order valence-corrected chi connectivity index (χ1v) is 8.17. The van der Waals surface area contributed by atoms with Gasteiger partial charge in [0.05, 0.1) is 5.56 Å². The zero-order valence-electron chi connectivity index (χ0n) is 14.3. The van der Waals surface area contributed by atoms with Gasteiger partial charge in [-0.1, -0.05) is 30.3 Å². The fourth-order valence-electron chi connectivity index (χ4n) is 2.22. The molecule has 0 saturated heterocycles. The highest BCUT2D eigenvalue weighted by atomic mass is 19.4. The van der Waals surface area contributed by atoms with E-state index >= 15 is 0 Å². The molecule has 0 saturated carbocycles. The summed E-state index contributed by atoms with van der Waals surface area (Å²) in [5.74, 6) is -1.71. The number of carbonyl (C=O) groups is 2. The van der Waals surface area contributed by atoms with Crippen molar-refractivity contribution in [3.8, 4) is 5.75 Å². The van der Waals surface area contributed by atoms with Gasteiger partial charge in [-0.05, 0) is 42.7 Å². The monoisotopic (exact) mass is 381 g/mol. The third-order valence-corrected chi connectivity index (χ3v) is 3.47. The zero-order chi connectivity index (χ0) is 19.7. The normalized spacial score (nSPS) is 10.9. The third kappa shape index (κ3) is 7.81. The highest BCUT2D eigenvalue weighted by Crippen LogP contribution is 2.22. The summed E-state index contributed by atoms with van der Waals surface area (Å²) in [6.07, 6.45) is -3.25. The van der Waals surface area contributed by atoms with Crippen molar-refractivity contribution < 1.29 is 32.2 Å². The number of rotatable bonds is 8. The van der Waals surface area contributed by atoms with E-state index in [1.165, 1.54) is 0 Å². The summed E-state index contributed by atoms with van der Waals surface area (Å²) >= 11 is 0. The minimum Gasteiger partial charge on any atom is -0.452 e. The Morgan fingerprint density at radius 3 is 2.26 bits per heavy atom. The van der Waals surface area contributed by atoms with E-state index < -0.39 is 30.6 Å². The Labute approximate surface area is 154 Å². The summed E-state index contributed by atoms with van der Waals surface area (Å²) in [4.78, 5) is 23.5. The van der Waals surface area contributed by atoms with Crippen LogP contribution in [0.5, 0.6) is 5.75 Å². The molecule has 1 N–H and O–H groups in total.